The first kappa shape index (κ1) is 19.4. The molecule has 0 spiro atoms. The van der Waals surface area contributed by atoms with E-state index in [-0.39, 0.29) is 17.9 Å². The number of carbonyl (C=O) groups excluding carboxylic acids is 2. The Kier molecular flexibility index (Phi) is 5.03. The highest BCUT2D eigenvalue weighted by Gasteiger charge is 2.42. The van der Waals surface area contributed by atoms with Gasteiger partial charge in [-0.25, -0.2) is 0 Å². The first-order valence-corrected chi connectivity index (χ1v) is 10.4. The normalized spacial score (nSPS) is 21.1. The quantitative estimate of drug-likeness (QED) is 0.691. The van der Waals surface area contributed by atoms with Gasteiger partial charge >= 0.3 is 0 Å². The van der Waals surface area contributed by atoms with E-state index in [9.17, 15) is 9.59 Å². The summed E-state index contributed by atoms with van der Waals surface area (Å²) < 4.78 is 0. The highest BCUT2D eigenvalue weighted by atomic mass is 16.2. The van der Waals surface area contributed by atoms with E-state index in [2.05, 4.69) is 13.2 Å². The molecule has 0 unspecified atom stereocenters. The Labute approximate surface area is 172 Å². The van der Waals surface area contributed by atoms with Crippen LogP contribution in [-0.4, -0.2) is 34.2 Å². The fourth-order valence-corrected chi connectivity index (χ4v) is 5.02. The molecule has 150 valence electrons. The van der Waals surface area contributed by atoms with E-state index >= 15 is 0 Å². The average Bonchev–Trinajstić information content (AvgIpc) is 3.06. The van der Waals surface area contributed by atoms with E-state index in [0.717, 1.165) is 54.6 Å². The van der Waals surface area contributed by atoms with Crippen LogP contribution in [0.2, 0.25) is 0 Å². The molecule has 1 saturated heterocycles. The predicted molar refractivity (Wildman–Crippen MR) is 116 cm³/mol. The third-order valence-electron chi connectivity index (χ3n) is 6.33. The summed E-state index contributed by atoms with van der Waals surface area (Å²) in [6.45, 7) is 12.2. The van der Waals surface area contributed by atoms with Crippen LogP contribution in [0.4, 0.5) is 0 Å². The highest BCUT2D eigenvalue weighted by Crippen LogP contribution is 2.45. The number of fused-ring (bicyclic) bond motifs is 3. The van der Waals surface area contributed by atoms with Crippen LogP contribution in [0.25, 0.3) is 11.6 Å². The number of rotatable bonds is 3. The van der Waals surface area contributed by atoms with Crippen molar-refractivity contribution in [3.05, 3.63) is 71.1 Å². The van der Waals surface area contributed by atoms with Crippen molar-refractivity contribution >= 4 is 23.5 Å². The topological polar surface area (TPSA) is 40.6 Å². The zero-order chi connectivity index (χ0) is 20.7. The molecule has 2 amide bonds. The van der Waals surface area contributed by atoms with Gasteiger partial charge in [-0.1, -0.05) is 43.5 Å². The third-order valence-corrected chi connectivity index (χ3v) is 6.33. The lowest BCUT2D eigenvalue weighted by molar-refractivity contribution is -0.133. The maximum absolute atomic E-state index is 13.7. The maximum atomic E-state index is 13.7. The minimum atomic E-state index is -0.0810. The second-order valence-corrected chi connectivity index (χ2v) is 8.18. The van der Waals surface area contributed by atoms with Gasteiger partial charge in [-0.05, 0) is 61.3 Å². The lowest BCUT2D eigenvalue weighted by atomic mass is 9.89. The van der Waals surface area contributed by atoms with Crippen LogP contribution in [-0.2, 0) is 9.59 Å². The van der Waals surface area contributed by atoms with Crippen LogP contribution in [0.15, 0.2) is 60.0 Å². The summed E-state index contributed by atoms with van der Waals surface area (Å²) in [5.41, 5.74) is 6.78. The number of piperazine rings is 1. The second-order valence-electron chi connectivity index (χ2n) is 8.18. The largest absolute Gasteiger partial charge is 0.306 e. The first-order chi connectivity index (χ1) is 13.9. The Morgan fingerprint density at radius 2 is 1.72 bits per heavy atom. The molecule has 4 aliphatic rings. The standard InChI is InChI=1S/C25H28N2O2/c1-5-19-9-6-7-12-22(19)17(3)25(29)26-15-16(2)27(18(4)28)24-21-11-8-10-20(13-14-21)23(24)26/h5-7,9,12,16H,1,3,8,10-11,13-15H2,2,4H3/t16-/m0/s1. The lowest BCUT2D eigenvalue weighted by Gasteiger charge is -2.46. The zero-order valence-electron chi connectivity index (χ0n) is 17.3. The van der Waals surface area contributed by atoms with Crippen molar-refractivity contribution < 1.29 is 9.59 Å². The van der Waals surface area contributed by atoms with Crippen LogP contribution < -0.4 is 0 Å². The number of carbonyl (C=O) groups is 2. The molecule has 1 saturated carbocycles. The molecular weight excluding hydrogens is 360 g/mol. The summed E-state index contributed by atoms with van der Waals surface area (Å²) in [5.74, 6) is -0.0314. The Hall–Kier alpha value is -2.88. The van der Waals surface area contributed by atoms with Crippen molar-refractivity contribution in [2.45, 2.75) is 52.0 Å². The average molecular weight is 389 g/mol. The van der Waals surface area contributed by atoms with Crippen molar-refractivity contribution in [1.29, 1.82) is 0 Å². The van der Waals surface area contributed by atoms with E-state index in [4.69, 9.17) is 0 Å². The van der Waals surface area contributed by atoms with Gasteiger partial charge in [0.05, 0.1) is 17.4 Å². The number of benzene rings is 1. The van der Waals surface area contributed by atoms with Gasteiger partial charge in [-0.3, -0.25) is 9.59 Å². The third kappa shape index (κ3) is 3.17. The molecule has 1 aliphatic heterocycles. The Balaban J connectivity index is 1.79. The number of hydrogen-bond acceptors (Lipinski definition) is 2. The van der Waals surface area contributed by atoms with Gasteiger partial charge in [-0.15, -0.1) is 0 Å². The van der Waals surface area contributed by atoms with Crippen LogP contribution >= 0.6 is 0 Å². The highest BCUT2D eigenvalue weighted by molar-refractivity contribution is 6.20. The minimum absolute atomic E-state index is 0.0496. The van der Waals surface area contributed by atoms with Crippen LogP contribution in [0.1, 0.15) is 57.1 Å². The number of nitrogens with zero attached hydrogens (tertiary/aromatic N) is 2. The molecule has 0 N–H and O–H groups in total. The smallest absolute Gasteiger partial charge is 0.258 e. The molecule has 1 aromatic carbocycles. The molecule has 0 aromatic heterocycles. The summed E-state index contributed by atoms with van der Waals surface area (Å²) in [6, 6.07) is 7.65. The van der Waals surface area contributed by atoms with E-state index < -0.39 is 0 Å². The van der Waals surface area contributed by atoms with Gasteiger partial charge < -0.3 is 9.80 Å². The molecule has 2 fully saturated rings. The van der Waals surface area contributed by atoms with Crippen molar-refractivity contribution in [3.8, 4) is 0 Å². The lowest BCUT2D eigenvalue weighted by Crippen LogP contribution is -2.53. The van der Waals surface area contributed by atoms with E-state index in [1.54, 1.807) is 13.0 Å². The Bertz CT molecular complexity index is 974. The van der Waals surface area contributed by atoms with Gasteiger partial charge in [0.15, 0.2) is 0 Å². The molecule has 4 heteroatoms. The summed E-state index contributed by atoms with van der Waals surface area (Å²) in [4.78, 5) is 30.0. The molecule has 1 heterocycles. The van der Waals surface area contributed by atoms with Crippen LogP contribution in [0.5, 0.6) is 0 Å². The van der Waals surface area contributed by atoms with Gasteiger partial charge in [0.2, 0.25) is 5.91 Å². The minimum Gasteiger partial charge on any atom is -0.306 e. The number of hydrogen-bond donors (Lipinski definition) is 0. The summed E-state index contributed by atoms with van der Waals surface area (Å²) in [7, 11) is 0. The molecule has 0 radical (unpaired) electrons. The molecule has 3 aliphatic carbocycles. The van der Waals surface area contributed by atoms with Crippen LogP contribution in [0.3, 0.4) is 0 Å². The van der Waals surface area contributed by atoms with Gasteiger partial charge in [0.1, 0.15) is 0 Å². The molecule has 29 heavy (non-hydrogen) atoms. The molecular formula is C25H28N2O2. The summed E-state index contributed by atoms with van der Waals surface area (Å²) in [5, 5.41) is 0. The summed E-state index contributed by atoms with van der Waals surface area (Å²) >= 11 is 0. The molecule has 4 nitrogen and oxygen atoms in total. The molecule has 2 bridgehead atoms. The van der Waals surface area contributed by atoms with Gasteiger partial charge in [0, 0.05) is 19.0 Å². The monoisotopic (exact) mass is 388 g/mol. The molecule has 5 rings (SSSR count). The summed E-state index contributed by atoms with van der Waals surface area (Å²) in [6.07, 6.45) is 6.80. The van der Waals surface area contributed by atoms with Crippen molar-refractivity contribution in [1.82, 2.24) is 9.80 Å². The fraction of sp³-hybridized carbons (Fsp3) is 0.360. The molecule has 1 aromatic rings. The van der Waals surface area contributed by atoms with E-state index in [1.807, 2.05) is 41.0 Å². The Morgan fingerprint density at radius 3 is 2.38 bits per heavy atom. The predicted octanol–water partition coefficient (Wildman–Crippen LogP) is 4.91. The fourth-order valence-electron chi connectivity index (χ4n) is 5.02. The second kappa shape index (κ2) is 7.51. The van der Waals surface area contributed by atoms with Gasteiger partial charge in [-0.2, -0.15) is 0 Å². The van der Waals surface area contributed by atoms with Crippen LogP contribution in [0, 0.1) is 0 Å². The SMILES string of the molecule is C=Cc1ccccc1C(=C)C(=O)N1C[C@H](C)N(C(C)=O)C2=C3CCCC(=C21)CC3. The van der Waals surface area contributed by atoms with Gasteiger partial charge in [0.25, 0.3) is 5.91 Å². The van der Waals surface area contributed by atoms with Crippen molar-refractivity contribution in [3.63, 3.8) is 0 Å². The maximum Gasteiger partial charge on any atom is 0.258 e. The number of amides is 2. The number of allylic oxidation sites excluding steroid dienone is 2. The van der Waals surface area contributed by atoms with Crippen molar-refractivity contribution in [2.24, 2.45) is 0 Å². The Morgan fingerprint density at radius 1 is 1.07 bits per heavy atom. The van der Waals surface area contributed by atoms with E-state index in [0.29, 0.717) is 12.1 Å². The molecule has 1 atom stereocenters. The van der Waals surface area contributed by atoms with E-state index in [1.165, 1.54) is 11.1 Å². The zero-order valence-corrected chi connectivity index (χ0v) is 17.3. The van der Waals surface area contributed by atoms with Crippen molar-refractivity contribution in [2.75, 3.05) is 6.54 Å². The first-order valence-electron chi connectivity index (χ1n) is 10.4.